The van der Waals surface area contributed by atoms with Crippen LogP contribution in [0.1, 0.15) is 31.9 Å². The highest BCUT2D eigenvalue weighted by Gasteiger charge is 2.36. The summed E-state index contributed by atoms with van der Waals surface area (Å²) in [5.41, 5.74) is 0.999. The summed E-state index contributed by atoms with van der Waals surface area (Å²) in [4.78, 5) is 29.9. The van der Waals surface area contributed by atoms with Gasteiger partial charge in [0.15, 0.2) is 11.5 Å². The minimum atomic E-state index is -4.42. The third-order valence-electron chi connectivity index (χ3n) is 7.51. The molecule has 4 aromatic carbocycles. The molecule has 12 heteroatoms. The largest absolute Gasteiger partial charge is 0.486 e. The fourth-order valence-corrected chi connectivity index (χ4v) is 7.16. The summed E-state index contributed by atoms with van der Waals surface area (Å²) < 4.78 is 55.6. The van der Waals surface area contributed by atoms with Crippen LogP contribution in [0, 0.1) is 5.82 Å². The molecule has 0 saturated carbocycles. The lowest BCUT2D eigenvalue weighted by Gasteiger charge is -2.35. The van der Waals surface area contributed by atoms with Crippen molar-refractivity contribution in [3.63, 3.8) is 0 Å². The van der Waals surface area contributed by atoms with Gasteiger partial charge in [-0.3, -0.25) is 13.9 Å². The van der Waals surface area contributed by atoms with Crippen LogP contribution in [0.2, 0.25) is 0 Å². The van der Waals surface area contributed by atoms with Crippen molar-refractivity contribution in [2.24, 2.45) is 0 Å². The topological polar surface area (TPSA) is 105 Å². The number of amides is 2. The van der Waals surface area contributed by atoms with Crippen molar-refractivity contribution in [3.8, 4) is 11.5 Å². The molecule has 48 heavy (non-hydrogen) atoms. The first kappa shape index (κ1) is 34.9. The van der Waals surface area contributed by atoms with Crippen molar-refractivity contribution in [2.75, 3.05) is 24.1 Å². The van der Waals surface area contributed by atoms with Crippen LogP contribution in [0.5, 0.6) is 11.5 Å². The normalized spacial score (nSPS) is 13.4. The average molecular weight is 739 g/mol. The third kappa shape index (κ3) is 8.73. The van der Waals surface area contributed by atoms with Gasteiger partial charge in [-0.1, -0.05) is 58.4 Å². The number of hydrogen-bond donors (Lipinski definition) is 1. The van der Waals surface area contributed by atoms with Crippen molar-refractivity contribution in [2.45, 2.75) is 50.2 Å². The zero-order valence-corrected chi connectivity index (χ0v) is 29.3. The van der Waals surface area contributed by atoms with Gasteiger partial charge in [-0.2, -0.15) is 0 Å². The predicted molar refractivity (Wildman–Crippen MR) is 185 cm³/mol. The van der Waals surface area contributed by atoms with E-state index in [0.717, 1.165) is 32.0 Å². The SMILES string of the molecule is CC(C)(C)NC(=O)[C@H](Cc1ccccc1)N(Cc1cccc(Br)c1)C(=O)CN(c1ccc(F)cc1)S(=O)(=O)c1ccc2c(c1)OCCO2. The lowest BCUT2D eigenvalue weighted by Crippen LogP contribution is -2.56. The van der Waals surface area contributed by atoms with Gasteiger partial charge in [0.1, 0.15) is 31.6 Å². The van der Waals surface area contributed by atoms with Gasteiger partial charge >= 0.3 is 0 Å². The summed E-state index contributed by atoms with van der Waals surface area (Å²) >= 11 is 3.48. The summed E-state index contributed by atoms with van der Waals surface area (Å²) in [7, 11) is -4.42. The summed E-state index contributed by atoms with van der Waals surface area (Å²) in [5, 5.41) is 3.01. The maximum Gasteiger partial charge on any atom is 0.264 e. The van der Waals surface area contributed by atoms with E-state index >= 15 is 0 Å². The maximum absolute atomic E-state index is 14.6. The van der Waals surface area contributed by atoms with Gasteiger partial charge in [0.2, 0.25) is 11.8 Å². The van der Waals surface area contributed by atoms with Crippen LogP contribution in [-0.4, -0.2) is 56.5 Å². The van der Waals surface area contributed by atoms with Crippen LogP contribution in [0.25, 0.3) is 0 Å². The Morgan fingerprint density at radius 2 is 1.54 bits per heavy atom. The van der Waals surface area contributed by atoms with Crippen molar-refractivity contribution in [1.82, 2.24) is 10.2 Å². The monoisotopic (exact) mass is 737 g/mol. The number of sulfonamides is 1. The lowest BCUT2D eigenvalue weighted by atomic mass is 10.0. The standard InChI is InChI=1S/C36H37BrFN3O6S/c1-36(2,3)39-35(43)31(21-25-8-5-4-6-9-25)40(23-26-10-7-11-27(37)20-26)34(42)24-41(29-14-12-28(38)13-15-29)48(44,45)30-16-17-32-33(22-30)47-19-18-46-32/h4-17,20,22,31H,18-19,21,23-24H2,1-3H3,(H,39,43)/t31-/m0/s1. The van der Waals surface area contributed by atoms with Gasteiger partial charge in [-0.25, -0.2) is 12.8 Å². The van der Waals surface area contributed by atoms with E-state index in [1.807, 2.05) is 75.4 Å². The molecule has 252 valence electrons. The molecule has 9 nitrogen and oxygen atoms in total. The smallest absolute Gasteiger partial charge is 0.264 e. The van der Waals surface area contributed by atoms with E-state index in [2.05, 4.69) is 21.2 Å². The van der Waals surface area contributed by atoms with Gasteiger partial charge in [-0.05, 0) is 80.4 Å². The summed E-state index contributed by atoms with van der Waals surface area (Å²) in [6, 6.07) is 24.7. The molecule has 1 aliphatic rings. The molecule has 4 aromatic rings. The molecular weight excluding hydrogens is 701 g/mol. The van der Waals surface area contributed by atoms with Crippen molar-refractivity contribution in [1.29, 1.82) is 0 Å². The molecule has 0 aliphatic carbocycles. The molecule has 2 amide bonds. The maximum atomic E-state index is 14.6. The van der Waals surface area contributed by atoms with Crippen LogP contribution in [0.4, 0.5) is 10.1 Å². The number of carbonyl (C=O) groups is 2. The number of anilines is 1. The van der Waals surface area contributed by atoms with Crippen LogP contribution >= 0.6 is 15.9 Å². The molecule has 0 fully saturated rings. The number of ether oxygens (including phenoxy) is 2. The molecule has 5 rings (SSSR count). The van der Waals surface area contributed by atoms with Gasteiger partial charge in [0.25, 0.3) is 10.0 Å². The molecule has 0 unspecified atom stereocenters. The summed E-state index contributed by atoms with van der Waals surface area (Å²) in [5.74, 6) is -0.938. The Morgan fingerprint density at radius 3 is 2.21 bits per heavy atom. The van der Waals surface area contributed by atoms with Gasteiger partial charge in [0.05, 0.1) is 10.6 Å². The lowest BCUT2D eigenvalue weighted by molar-refractivity contribution is -0.140. The van der Waals surface area contributed by atoms with E-state index in [1.54, 1.807) is 0 Å². The molecule has 0 radical (unpaired) electrons. The first-order valence-corrected chi connectivity index (χ1v) is 17.6. The third-order valence-corrected chi connectivity index (χ3v) is 9.77. The summed E-state index contributed by atoms with van der Waals surface area (Å²) in [6.45, 7) is 5.46. The van der Waals surface area contributed by atoms with Crippen LogP contribution < -0.4 is 19.1 Å². The van der Waals surface area contributed by atoms with Crippen molar-refractivity contribution < 1.29 is 31.9 Å². The van der Waals surface area contributed by atoms with Crippen LogP contribution in [0.15, 0.2) is 106 Å². The van der Waals surface area contributed by atoms with E-state index in [1.165, 1.54) is 35.2 Å². The van der Waals surface area contributed by atoms with Crippen molar-refractivity contribution in [3.05, 3.63) is 118 Å². The van der Waals surface area contributed by atoms with Crippen LogP contribution in [-0.2, 0) is 32.6 Å². The Morgan fingerprint density at radius 1 is 0.875 bits per heavy atom. The van der Waals surface area contributed by atoms with E-state index < -0.39 is 45.8 Å². The second kappa shape index (κ2) is 14.8. The fraction of sp³-hybridized carbons (Fsp3) is 0.278. The molecule has 1 heterocycles. The number of benzene rings is 4. The zero-order chi connectivity index (χ0) is 34.5. The Bertz CT molecular complexity index is 1870. The molecule has 1 aliphatic heterocycles. The predicted octanol–water partition coefficient (Wildman–Crippen LogP) is 6.11. The van der Waals surface area contributed by atoms with E-state index in [-0.39, 0.29) is 35.9 Å². The second-order valence-electron chi connectivity index (χ2n) is 12.4. The Kier molecular flexibility index (Phi) is 10.7. The molecular formula is C36H37BrFN3O6S. The van der Waals surface area contributed by atoms with Crippen molar-refractivity contribution >= 4 is 43.5 Å². The van der Waals surface area contributed by atoms with Gasteiger partial charge < -0.3 is 19.7 Å². The number of fused-ring (bicyclic) bond motifs is 1. The van der Waals surface area contributed by atoms with Gasteiger partial charge in [-0.15, -0.1) is 0 Å². The highest BCUT2D eigenvalue weighted by Crippen LogP contribution is 2.34. The van der Waals surface area contributed by atoms with Crippen LogP contribution in [0.3, 0.4) is 0 Å². The number of rotatable bonds is 11. The summed E-state index contributed by atoms with van der Waals surface area (Å²) in [6.07, 6.45) is 0.175. The minimum absolute atomic E-state index is 0.00860. The molecule has 0 aromatic heterocycles. The Labute approximate surface area is 288 Å². The molecule has 1 atom stereocenters. The Hall–Kier alpha value is -4.42. The number of halogens is 2. The highest BCUT2D eigenvalue weighted by atomic mass is 79.9. The number of hydrogen-bond acceptors (Lipinski definition) is 6. The zero-order valence-electron chi connectivity index (χ0n) is 26.9. The first-order valence-electron chi connectivity index (χ1n) is 15.4. The molecule has 1 N–H and O–H groups in total. The van der Waals surface area contributed by atoms with E-state index in [9.17, 15) is 22.4 Å². The quantitative estimate of drug-likeness (QED) is 0.199. The second-order valence-corrected chi connectivity index (χ2v) is 15.2. The average Bonchev–Trinajstić information content (AvgIpc) is 3.05. The Balaban J connectivity index is 1.58. The highest BCUT2D eigenvalue weighted by molar-refractivity contribution is 9.10. The number of nitrogens with zero attached hydrogens (tertiary/aromatic N) is 2. The number of nitrogens with one attached hydrogen (secondary N) is 1. The minimum Gasteiger partial charge on any atom is -0.486 e. The van der Waals surface area contributed by atoms with Gasteiger partial charge in [0, 0.05) is 29.0 Å². The molecule has 0 spiro atoms. The molecule has 0 bridgehead atoms. The fourth-order valence-electron chi connectivity index (χ4n) is 5.29. The number of carbonyl (C=O) groups excluding carboxylic acids is 2. The molecule has 0 saturated heterocycles. The van der Waals surface area contributed by atoms with E-state index in [4.69, 9.17) is 9.47 Å². The van der Waals surface area contributed by atoms with E-state index in [0.29, 0.717) is 12.4 Å². The first-order chi connectivity index (χ1) is 22.8.